The highest BCUT2D eigenvalue weighted by Crippen LogP contribution is 2.34. The number of piperazine rings is 3. The maximum absolute atomic E-state index is 5.06. The number of hydrogen-bond acceptors (Lipinski definition) is 5. The summed E-state index contributed by atoms with van der Waals surface area (Å²) in [5, 5.41) is 4.95. The minimum atomic E-state index is 0.362. The lowest BCUT2D eigenvalue weighted by Gasteiger charge is -2.50. The van der Waals surface area contributed by atoms with Crippen LogP contribution in [0, 0.1) is 5.92 Å². The molecule has 2 aromatic rings. The summed E-state index contributed by atoms with van der Waals surface area (Å²) >= 11 is 1.78. The van der Waals surface area contributed by atoms with Crippen molar-refractivity contribution in [2.24, 2.45) is 5.92 Å². The Morgan fingerprint density at radius 2 is 1.85 bits per heavy atom. The molecule has 1 saturated carbocycles. The van der Waals surface area contributed by atoms with Crippen molar-refractivity contribution in [3.8, 4) is 5.69 Å². The third-order valence-corrected chi connectivity index (χ3v) is 6.85. The van der Waals surface area contributed by atoms with E-state index in [1.165, 1.54) is 24.3 Å². The molecule has 3 saturated heterocycles. The molecule has 1 aromatic carbocycles. The molecule has 0 spiro atoms. The highest BCUT2D eigenvalue weighted by atomic mass is 32.2. The fraction of sp³-hybridized carbons (Fsp3) is 0.600. The maximum Gasteiger partial charge on any atom is 0.151 e. The molecule has 4 heterocycles. The fourth-order valence-electron chi connectivity index (χ4n) is 4.32. The molecule has 6 heteroatoms. The molecule has 4 fully saturated rings. The van der Waals surface area contributed by atoms with E-state index in [1.807, 2.05) is 0 Å². The van der Waals surface area contributed by atoms with Crippen molar-refractivity contribution >= 4 is 11.8 Å². The summed E-state index contributed by atoms with van der Waals surface area (Å²) in [6.07, 6.45) is 5.83. The van der Waals surface area contributed by atoms with Crippen LogP contribution in [-0.4, -0.2) is 63.0 Å². The first-order chi connectivity index (χ1) is 12.7. The van der Waals surface area contributed by atoms with Crippen molar-refractivity contribution in [1.29, 1.82) is 0 Å². The van der Waals surface area contributed by atoms with Gasteiger partial charge in [0.05, 0.1) is 11.7 Å². The van der Waals surface area contributed by atoms with Gasteiger partial charge in [0.15, 0.2) is 11.6 Å². The lowest BCUT2D eigenvalue weighted by Crippen LogP contribution is -2.61. The second-order valence-corrected chi connectivity index (χ2v) is 8.88. The van der Waals surface area contributed by atoms with Crippen molar-refractivity contribution in [2.45, 2.75) is 43.2 Å². The van der Waals surface area contributed by atoms with Crippen LogP contribution in [0.25, 0.3) is 5.69 Å². The largest absolute Gasteiger partial charge is 0.296 e. The van der Waals surface area contributed by atoms with E-state index >= 15 is 0 Å². The molecule has 138 valence electrons. The molecule has 26 heavy (non-hydrogen) atoms. The number of rotatable bonds is 5. The van der Waals surface area contributed by atoms with Gasteiger partial charge in [-0.1, -0.05) is 0 Å². The SMILES string of the molecule is CSc1ccc(-n2nc(CC3CC3)nc2C2CN3CCN2CC3C)cc1. The van der Waals surface area contributed by atoms with Crippen LogP contribution in [0.1, 0.15) is 37.5 Å². The molecule has 1 aliphatic carbocycles. The molecule has 1 aromatic heterocycles. The molecule has 0 radical (unpaired) electrons. The van der Waals surface area contributed by atoms with Crippen molar-refractivity contribution in [3.63, 3.8) is 0 Å². The normalized spacial score (nSPS) is 30.7. The summed E-state index contributed by atoms with van der Waals surface area (Å²) in [7, 11) is 0. The van der Waals surface area contributed by atoms with E-state index in [1.54, 1.807) is 11.8 Å². The van der Waals surface area contributed by atoms with Gasteiger partial charge in [-0.2, -0.15) is 5.10 Å². The third kappa shape index (κ3) is 3.08. The zero-order valence-corrected chi connectivity index (χ0v) is 16.5. The predicted octanol–water partition coefficient (Wildman–Crippen LogP) is 3.00. The second-order valence-electron chi connectivity index (χ2n) is 8.00. The molecular formula is C20H27N5S. The van der Waals surface area contributed by atoms with E-state index < -0.39 is 0 Å². The van der Waals surface area contributed by atoms with E-state index in [2.05, 4.69) is 51.9 Å². The Morgan fingerprint density at radius 1 is 1.08 bits per heavy atom. The first kappa shape index (κ1) is 16.8. The monoisotopic (exact) mass is 369 g/mol. The van der Waals surface area contributed by atoms with Crippen LogP contribution in [0.4, 0.5) is 0 Å². The molecule has 0 amide bonds. The van der Waals surface area contributed by atoms with Gasteiger partial charge in [-0.25, -0.2) is 9.67 Å². The Morgan fingerprint density at radius 3 is 2.46 bits per heavy atom. The van der Waals surface area contributed by atoms with E-state index in [4.69, 9.17) is 10.1 Å². The summed E-state index contributed by atoms with van der Waals surface area (Å²) in [5.74, 6) is 2.97. The molecule has 5 nitrogen and oxygen atoms in total. The van der Waals surface area contributed by atoms with Gasteiger partial charge in [0, 0.05) is 43.5 Å². The maximum atomic E-state index is 5.06. The smallest absolute Gasteiger partial charge is 0.151 e. The van der Waals surface area contributed by atoms with E-state index in [0.717, 1.165) is 49.3 Å². The van der Waals surface area contributed by atoms with Gasteiger partial charge < -0.3 is 0 Å². The number of hydrogen-bond donors (Lipinski definition) is 0. The van der Waals surface area contributed by atoms with Gasteiger partial charge >= 0.3 is 0 Å². The molecule has 3 aliphatic heterocycles. The van der Waals surface area contributed by atoms with Gasteiger partial charge in [-0.15, -0.1) is 11.8 Å². The molecule has 0 N–H and O–H groups in total. The number of thioether (sulfide) groups is 1. The standard InChI is InChI=1S/C20H27N5S/c1-14-12-24-10-9-23(14)13-18(24)20-21-19(11-15-3-4-15)22-25(20)16-5-7-17(26-2)8-6-16/h5-8,14-15,18H,3-4,9-13H2,1-2H3. The Bertz CT molecular complexity index is 782. The van der Waals surface area contributed by atoms with Crippen LogP contribution < -0.4 is 0 Å². The van der Waals surface area contributed by atoms with Gasteiger partial charge in [-0.3, -0.25) is 9.80 Å². The summed E-state index contributed by atoms with van der Waals surface area (Å²) < 4.78 is 2.12. The summed E-state index contributed by atoms with van der Waals surface area (Å²) in [4.78, 5) is 11.6. The zero-order valence-electron chi connectivity index (χ0n) is 15.6. The Hall–Kier alpha value is -1.37. The minimum Gasteiger partial charge on any atom is -0.296 e. The van der Waals surface area contributed by atoms with Gasteiger partial charge in [0.1, 0.15) is 0 Å². The number of benzene rings is 1. The summed E-state index contributed by atoms with van der Waals surface area (Å²) in [6, 6.07) is 9.76. The van der Waals surface area contributed by atoms with Crippen LogP contribution in [0.3, 0.4) is 0 Å². The van der Waals surface area contributed by atoms with Gasteiger partial charge in [0.25, 0.3) is 0 Å². The number of fused-ring (bicyclic) bond motifs is 3. The zero-order chi connectivity index (χ0) is 17.7. The van der Waals surface area contributed by atoms with Crippen LogP contribution in [0.15, 0.2) is 29.2 Å². The average molecular weight is 370 g/mol. The van der Waals surface area contributed by atoms with Crippen LogP contribution >= 0.6 is 11.8 Å². The predicted molar refractivity (Wildman–Crippen MR) is 105 cm³/mol. The molecule has 4 atom stereocenters. The van der Waals surface area contributed by atoms with E-state index in [0.29, 0.717) is 12.1 Å². The lowest BCUT2D eigenvalue weighted by atomic mass is 10.0. The van der Waals surface area contributed by atoms with Gasteiger partial charge in [0.2, 0.25) is 0 Å². The number of aromatic nitrogens is 3. The van der Waals surface area contributed by atoms with Crippen LogP contribution in [-0.2, 0) is 6.42 Å². The lowest BCUT2D eigenvalue weighted by molar-refractivity contribution is -0.0278. The van der Waals surface area contributed by atoms with Crippen molar-refractivity contribution in [2.75, 3.05) is 32.4 Å². The van der Waals surface area contributed by atoms with Crippen molar-refractivity contribution < 1.29 is 0 Å². The van der Waals surface area contributed by atoms with Gasteiger partial charge in [-0.05, 0) is 56.2 Å². The van der Waals surface area contributed by atoms with Crippen LogP contribution in [0.5, 0.6) is 0 Å². The third-order valence-electron chi connectivity index (χ3n) is 6.10. The first-order valence-corrected chi connectivity index (χ1v) is 11.0. The highest BCUT2D eigenvalue weighted by Gasteiger charge is 2.40. The quantitative estimate of drug-likeness (QED) is 0.758. The second kappa shape index (κ2) is 6.66. The molecular weight excluding hydrogens is 342 g/mol. The van der Waals surface area contributed by atoms with Crippen molar-refractivity contribution in [1.82, 2.24) is 24.6 Å². The van der Waals surface area contributed by atoms with Crippen LogP contribution in [0.2, 0.25) is 0 Å². The Kier molecular flexibility index (Phi) is 4.30. The molecule has 2 bridgehead atoms. The van der Waals surface area contributed by atoms with E-state index in [9.17, 15) is 0 Å². The molecule has 4 aliphatic rings. The number of nitrogens with zero attached hydrogens (tertiary/aromatic N) is 5. The molecule has 6 rings (SSSR count). The Labute approximate surface area is 159 Å². The minimum absolute atomic E-state index is 0.362. The fourth-order valence-corrected chi connectivity index (χ4v) is 4.73. The average Bonchev–Trinajstić information content (AvgIpc) is 3.39. The Balaban J connectivity index is 1.51. The molecule has 4 unspecified atom stereocenters. The topological polar surface area (TPSA) is 37.2 Å². The summed E-state index contributed by atoms with van der Waals surface area (Å²) in [6.45, 7) is 6.88. The summed E-state index contributed by atoms with van der Waals surface area (Å²) in [5.41, 5.74) is 1.14. The highest BCUT2D eigenvalue weighted by molar-refractivity contribution is 7.98. The van der Waals surface area contributed by atoms with E-state index in [-0.39, 0.29) is 0 Å². The first-order valence-electron chi connectivity index (χ1n) is 9.79. The van der Waals surface area contributed by atoms with Crippen molar-refractivity contribution in [3.05, 3.63) is 35.9 Å².